The summed E-state index contributed by atoms with van der Waals surface area (Å²) in [5, 5.41) is 0. The predicted octanol–water partition coefficient (Wildman–Crippen LogP) is 1.78. The van der Waals surface area contributed by atoms with E-state index in [1.165, 1.54) is 0 Å². The van der Waals surface area contributed by atoms with Crippen LogP contribution in [0, 0.1) is 11.3 Å². The summed E-state index contributed by atoms with van der Waals surface area (Å²) in [7, 11) is 0. The number of nitrogens with zero attached hydrogens (tertiary/aromatic N) is 1. The Kier molecular flexibility index (Phi) is 3.47. The maximum atomic E-state index is 12.8. The fraction of sp³-hybridized carbons (Fsp3) is 0.933. The van der Waals surface area contributed by atoms with Crippen molar-refractivity contribution in [3.8, 4) is 0 Å². The Labute approximate surface area is 116 Å². The molecule has 2 aliphatic rings. The zero-order valence-corrected chi connectivity index (χ0v) is 13.0. The molecule has 2 N–H and O–H groups in total. The molecule has 110 valence electrons. The van der Waals surface area contributed by atoms with Crippen molar-refractivity contribution in [2.24, 2.45) is 17.1 Å². The Bertz CT molecular complexity index is 354. The summed E-state index contributed by atoms with van der Waals surface area (Å²) in [6, 6.07) is 0. The van der Waals surface area contributed by atoms with E-state index in [1.807, 2.05) is 32.6 Å². The summed E-state index contributed by atoms with van der Waals surface area (Å²) in [6.45, 7) is 12.2. The highest BCUT2D eigenvalue weighted by atomic mass is 16.5. The number of carbonyl (C=O) groups is 1. The molecule has 4 heteroatoms. The number of carbonyl (C=O) groups excluding carboxylic acids is 1. The van der Waals surface area contributed by atoms with Gasteiger partial charge in [-0.25, -0.2) is 0 Å². The zero-order valence-electron chi connectivity index (χ0n) is 13.0. The molecule has 1 heterocycles. The van der Waals surface area contributed by atoms with E-state index in [-0.39, 0.29) is 22.5 Å². The van der Waals surface area contributed by atoms with E-state index in [2.05, 4.69) is 6.92 Å². The predicted molar refractivity (Wildman–Crippen MR) is 75.7 cm³/mol. The van der Waals surface area contributed by atoms with Gasteiger partial charge in [-0.15, -0.1) is 0 Å². The number of hydrogen-bond acceptors (Lipinski definition) is 3. The van der Waals surface area contributed by atoms with Crippen LogP contribution in [0.1, 0.15) is 47.5 Å². The molecule has 0 aromatic carbocycles. The minimum absolute atomic E-state index is 0.234. The minimum Gasteiger partial charge on any atom is -0.366 e. The van der Waals surface area contributed by atoms with Crippen LogP contribution in [-0.4, -0.2) is 41.6 Å². The van der Waals surface area contributed by atoms with Gasteiger partial charge in [0.25, 0.3) is 0 Å². The van der Waals surface area contributed by atoms with Gasteiger partial charge in [-0.1, -0.05) is 6.92 Å². The highest BCUT2D eigenvalue weighted by Gasteiger charge is 2.51. The Morgan fingerprint density at radius 2 is 1.68 bits per heavy atom. The van der Waals surface area contributed by atoms with Gasteiger partial charge in [-0.05, 0) is 46.5 Å². The Morgan fingerprint density at radius 3 is 2.05 bits per heavy atom. The molecule has 0 atom stereocenters. The molecule has 1 aliphatic carbocycles. The molecule has 2 rings (SSSR count). The smallest absolute Gasteiger partial charge is 0.230 e. The highest BCUT2D eigenvalue weighted by molar-refractivity contribution is 5.84. The lowest BCUT2D eigenvalue weighted by molar-refractivity contribution is -0.196. The minimum atomic E-state index is -0.303. The fourth-order valence-electron chi connectivity index (χ4n) is 3.97. The van der Waals surface area contributed by atoms with Crippen molar-refractivity contribution >= 4 is 5.91 Å². The summed E-state index contributed by atoms with van der Waals surface area (Å²) in [4.78, 5) is 14.8. The third kappa shape index (κ3) is 2.79. The van der Waals surface area contributed by atoms with Gasteiger partial charge in [-0.2, -0.15) is 0 Å². The van der Waals surface area contributed by atoms with Gasteiger partial charge in [0.15, 0.2) is 0 Å². The molecule has 1 aliphatic heterocycles. The van der Waals surface area contributed by atoms with Crippen LogP contribution in [0.5, 0.6) is 0 Å². The van der Waals surface area contributed by atoms with Crippen LogP contribution in [0.3, 0.4) is 0 Å². The maximum Gasteiger partial charge on any atom is 0.230 e. The molecular weight excluding hydrogens is 240 g/mol. The van der Waals surface area contributed by atoms with E-state index in [1.54, 1.807) is 0 Å². The van der Waals surface area contributed by atoms with Crippen molar-refractivity contribution < 1.29 is 9.53 Å². The average Bonchev–Trinajstić information content (AvgIpc) is 2.19. The van der Waals surface area contributed by atoms with Gasteiger partial charge in [0.1, 0.15) is 0 Å². The lowest BCUT2D eigenvalue weighted by Crippen LogP contribution is -2.63. The normalized spacial score (nSPS) is 36.7. The van der Waals surface area contributed by atoms with Crippen molar-refractivity contribution in [2.45, 2.75) is 58.7 Å². The Hall–Kier alpha value is -0.610. The van der Waals surface area contributed by atoms with E-state index >= 15 is 0 Å². The van der Waals surface area contributed by atoms with Crippen LogP contribution in [0.4, 0.5) is 0 Å². The first kappa shape index (κ1) is 14.8. The standard InChI is InChI=1S/C15H28N2O2/c1-11-6-15(7-11,8-16)12(18)17-9-13(2,3)19-14(4,5)10-17/h11H,6-10,16H2,1-5H3. The van der Waals surface area contributed by atoms with Crippen LogP contribution in [0.15, 0.2) is 0 Å². The Balaban J connectivity index is 2.15. The molecule has 2 fully saturated rings. The largest absolute Gasteiger partial charge is 0.366 e. The van der Waals surface area contributed by atoms with E-state index < -0.39 is 0 Å². The molecule has 0 spiro atoms. The van der Waals surface area contributed by atoms with E-state index in [9.17, 15) is 4.79 Å². The molecule has 0 aromatic heterocycles. The molecule has 19 heavy (non-hydrogen) atoms. The Morgan fingerprint density at radius 1 is 1.21 bits per heavy atom. The second-order valence-electron chi connectivity index (χ2n) is 7.78. The summed E-state index contributed by atoms with van der Waals surface area (Å²) >= 11 is 0. The summed E-state index contributed by atoms with van der Waals surface area (Å²) < 4.78 is 6.04. The molecule has 1 saturated carbocycles. The first-order valence-corrected chi connectivity index (χ1v) is 7.29. The zero-order chi connectivity index (χ0) is 14.5. The van der Waals surface area contributed by atoms with Crippen molar-refractivity contribution in [3.05, 3.63) is 0 Å². The second kappa shape index (κ2) is 4.45. The molecule has 4 nitrogen and oxygen atoms in total. The molecule has 0 unspecified atom stereocenters. The first-order valence-electron chi connectivity index (χ1n) is 7.29. The second-order valence-corrected chi connectivity index (χ2v) is 7.78. The SMILES string of the molecule is CC1CC(CN)(C(=O)N2CC(C)(C)OC(C)(C)C2)C1. The van der Waals surface area contributed by atoms with Gasteiger partial charge in [0.05, 0.1) is 16.6 Å². The third-order valence-corrected chi connectivity index (χ3v) is 4.31. The van der Waals surface area contributed by atoms with Crippen molar-refractivity contribution in [2.75, 3.05) is 19.6 Å². The molecule has 0 radical (unpaired) electrons. The van der Waals surface area contributed by atoms with Crippen molar-refractivity contribution in [1.29, 1.82) is 0 Å². The van der Waals surface area contributed by atoms with E-state index in [0.717, 1.165) is 12.8 Å². The first-order chi connectivity index (χ1) is 8.59. The van der Waals surface area contributed by atoms with Crippen LogP contribution < -0.4 is 5.73 Å². The van der Waals surface area contributed by atoms with Gasteiger partial charge < -0.3 is 15.4 Å². The van der Waals surface area contributed by atoms with Crippen LogP contribution >= 0.6 is 0 Å². The highest BCUT2D eigenvalue weighted by Crippen LogP contribution is 2.46. The number of ether oxygens (including phenoxy) is 1. The molecule has 0 bridgehead atoms. The average molecular weight is 268 g/mol. The van der Waals surface area contributed by atoms with Crippen molar-refractivity contribution in [1.82, 2.24) is 4.90 Å². The van der Waals surface area contributed by atoms with E-state index in [4.69, 9.17) is 10.5 Å². The third-order valence-electron chi connectivity index (χ3n) is 4.31. The summed E-state index contributed by atoms with van der Waals surface area (Å²) in [5.74, 6) is 0.854. The quantitative estimate of drug-likeness (QED) is 0.830. The lowest BCUT2D eigenvalue weighted by atomic mass is 9.61. The summed E-state index contributed by atoms with van der Waals surface area (Å²) in [5.41, 5.74) is 5.01. The lowest BCUT2D eigenvalue weighted by Gasteiger charge is -2.52. The number of rotatable bonds is 2. The summed E-state index contributed by atoms with van der Waals surface area (Å²) in [6.07, 6.45) is 1.86. The van der Waals surface area contributed by atoms with Crippen LogP contribution in [0.25, 0.3) is 0 Å². The number of morpholine rings is 1. The maximum absolute atomic E-state index is 12.8. The van der Waals surface area contributed by atoms with Gasteiger partial charge >= 0.3 is 0 Å². The molecule has 0 aromatic rings. The topological polar surface area (TPSA) is 55.6 Å². The van der Waals surface area contributed by atoms with Gasteiger partial charge in [-0.3, -0.25) is 4.79 Å². The van der Waals surface area contributed by atoms with Gasteiger partial charge in [0.2, 0.25) is 5.91 Å². The fourth-order valence-corrected chi connectivity index (χ4v) is 3.97. The van der Waals surface area contributed by atoms with Crippen molar-refractivity contribution in [3.63, 3.8) is 0 Å². The van der Waals surface area contributed by atoms with Crippen LogP contribution in [-0.2, 0) is 9.53 Å². The number of hydrogen-bond donors (Lipinski definition) is 1. The monoisotopic (exact) mass is 268 g/mol. The van der Waals surface area contributed by atoms with Gasteiger partial charge in [0, 0.05) is 19.6 Å². The molecule has 1 saturated heterocycles. The molecule has 1 amide bonds. The van der Waals surface area contributed by atoms with E-state index in [0.29, 0.717) is 25.6 Å². The number of nitrogens with two attached hydrogens (primary N) is 1. The van der Waals surface area contributed by atoms with Crippen LogP contribution in [0.2, 0.25) is 0 Å². The molecular formula is C15H28N2O2. The number of amides is 1.